The summed E-state index contributed by atoms with van der Waals surface area (Å²) in [5.41, 5.74) is 1.08. The lowest BCUT2D eigenvalue weighted by molar-refractivity contribution is -0.385. The first kappa shape index (κ1) is 20.1. The summed E-state index contributed by atoms with van der Waals surface area (Å²) in [6.07, 6.45) is -0.314. The van der Waals surface area contributed by atoms with Gasteiger partial charge in [-0.05, 0) is 45.4 Å². The van der Waals surface area contributed by atoms with Crippen LogP contribution in [0, 0.1) is 35.3 Å². The fourth-order valence-electron chi connectivity index (χ4n) is 2.38. The molecule has 1 amide bonds. The van der Waals surface area contributed by atoms with E-state index in [-0.39, 0.29) is 32.8 Å². The average Bonchev–Trinajstić information content (AvgIpc) is 2.89. The number of benzene rings is 1. The first-order chi connectivity index (χ1) is 12.6. The van der Waals surface area contributed by atoms with Gasteiger partial charge in [-0.3, -0.25) is 14.9 Å². The molecule has 0 bridgehead atoms. The van der Waals surface area contributed by atoms with Crippen LogP contribution in [0.5, 0.6) is 0 Å². The molecular weight excluding hydrogens is 370 g/mol. The van der Waals surface area contributed by atoms with E-state index in [4.69, 9.17) is 4.74 Å². The molecule has 0 spiro atoms. The molecule has 140 valence electrons. The van der Waals surface area contributed by atoms with Gasteiger partial charge in [0.15, 0.2) is 0 Å². The highest BCUT2D eigenvalue weighted by atomic mass is 32.1. The Balaban J connectivity index is 2.33. The third kappa shape index (κ3) is 4.30. The van der Waals surface area contributed by atoms with E-state index in [0.717, 1.165) is 11.3 Å². The number of nitrogens with one attached hydrogen (secondary N) is 1. The molecule has 1 N–H and O–H groups in total. The van der Waals surface area contributed by atoms with E-state index in [2.05, 4.69) is 5.32 Å². The van der Waals surface area contributed by atoms with Crippen LogP contribution in [0.4, 0.5) is 10.7 Å². The van der Waals surface area contributed by atoms with Crippen LogP contribution in [-0.2, 0) is 4.74 Å². The minimum Gasteiger partial charge on any atom is -0.459 e. The molecule has 0 fully saturated rings. The van der Waals surface area contributed by atoms with E-state index >= 15 is 0 Å². The second-order valence-electron chi connectivity index (χ2n) is 6.04. The maximum absolute atomic E-state index is 12.5. The number of esters is 1. The largest absolute Gasteiger partial charge is 0.459 e. The number of nitriles is 1. The van der Waals surface area contributed by atoms with Gasteiger partial charge < -0.3 is 10.1 Å². The van der Waals surface area contributed by atoms with Crippen LogP contribution in [0.25, 0.3) is 0 Å². The molecule has 1 heterocycles. The summed E-state index contributed by atoms with van der Waals surface area (Å²) in [5, 5.41) is 23.1. The van der Waals surface area contributed by atoms with Crippen molar-refractivity contribution < 1.29 is 19.2 Å². The highest BCUT2D eigenvalue weighted by Crippen LogP contribution is 2.33. The topological polar surface area (TPSA) is 122 Å². The molecule has 2 aromatic rings. The van der Waals surface area contributed by atoms with Crippen molar-refractivity contribution in [3.8, 4) is 6.07 Å². The minimum absolute atomic E-state index is 0.0880. The summed E-state index contributed by atoms with van der Waals surface area (Å²) < 4.78 is 5.16. The molecule has 8 nitrogen and oxygen atoms in total. The number of anilines is 1. The molecule has 2 rings (SSSR count). The van der Waals surface area contributed by atoms with Gasteiger partial charge in [-0.2, -0.15) is 5.26 Å². The van der Waals surface area contributed by atoms with Crippen LogP contribution in [0.1, 0.15) is 50.6 Å². The Bertz CT molecular complexity index is 972. The summed E-state index contributed by atoms with van der Waals surface area (Å²) in [4.78, 5) is 35.2. The third-order valence-electron chi connectivity index (χ3n) is 3.67. The van der Waals surface area contributed by atoms with E-state index < -0.39 is 16.8 Å². The van der Waals surface area contributed by atoms with Crippen molar-refractivity contribution in [1.82, 2.24) is 0 Å². The van der Waals surface area contributed by atoms with Gasteiger partial charge in [0, 0.05) is 17.2 Å². The second-order valence-corrected chi connectivity index (χ2v) is 7.06. The predicted molar refractivity (Wildman–Crippen MR) is 100 cm³/mol. The first-order valence-corrected chi connectivity index (χ1v) is 8.78. The minimum atomic E-state index is -0.560. The fourth-order valence-corrected chi connectivity index (χ4v) is 3.41. The molecule has 0 aliphatic rings. The lowest BCUT2D eigenvalue weighted by Gasteiger charge is -2.06. The number of aryl methyl sites for hydroxylation is 1. The zero-order valence-electron chi connectivity index (χ0n) is 15.2. The number of carbonyl (C=O) groups is 2. The Morgan fingerprint density at radius 2 is 2.00 bits per heavy atom. The van der Waals surface area contributed by atoms with Gasteiger partial charge in [-0.1, -0.05) is 0 Å². The highest BCUT2D eigenvalue weighted by Gasteiger charge is 2.23. The van der Waals surface area contributed by atoms with E-state index in [1.807, 2.05) is 6.07 Å². The summed E-state index contributed by atoms with van der Waals surface area (Å²) in [5.74, 6) is -1.09. The molecule has 1 aromatic carbocycles. The Morgan fingerprint density at radius 1 is 1.33 bits per heavy atom. The van der Waals surface area contributed by atoms with Gasteiger partial charge in [0.2, 0.25) is 0 Å². The second kappa shape index (κ2) is 7.97. The summed E-state index contributed by atoms with van der Waals surface area (Å²) in [6.45, 7) is 6.57. The quantitative estimate of drug-likeness (QED) is 0.470. The maximum atomic E-state index is 12.5. The van der Waals surface area contributed by atoms with Crippen LogP contribution < -0.4 is 5.32 Å². The van der Waals surface area contributed by atoms with E-state index in [1.165, 1.54) is 25.1 Å². The number of nitro groups is 1. The number of hydrogen-bond donors (Lipinski definition) is 1. The zero-order chi connectivity index (χ0) is 20.3. The molecule has 9 heteroatoms. The molecule has 0 saturated carbocycles. The number of nitrogens with zero attached hydrogens (tertiary/aromatic N) is 2. The van der Waals surface area contributed by atoms with Crippen molar-refractivity contribution in [3.05, 3.63) is 55.4 Å². The molecule has 0 radical (unpaired) electrons. The van der Waals surface area contributed by atoms with Gasteiger partial charge in [0.25, 0.3) is 11.6 Å². The van der Waals surface area contributed by atoms with Gasteiger partial charge in [-0.25, -0.2) is 4.79 Å². The van der Waals surface area contributed by atoms with Crippen LogP contribution in [0.3, 0.4) is 0 Å². The van der Waals surface area contributed by atoms with Gasteiger partial charge in [-0.15, -0.1) is 11.3 Å². The molecule has 1 aromatic heterocycles. The maximum Gasteiger partial charge on any atom is 0.348 e. The number of thiophene rings is 1. The SMILES string of the molecule is Cc1cc(C(=O)Nc2sc(C(=O)OC(C)C)c(C)c2C#N)ccc1[N+](=O)[O-]. The van der Waals surface area contributed by atoms with Crippen molar-refractivity contribution >= 4 is 33.9 Å². The predicted octanol–water partition coefficient (Wildman–Crippen LogP) is 3.96. The highest BCUT2D eigenvalue weighted by molar-refractivity contribution is 7.18. The Morgan fingerprint density at radius 3 is 2.52 bits per heavy atom. The lowest BCUT2D eigenvalue weighted by Crippen LogP contribution is -2.12. The Kier molecular flexibility index (Phi) is 5.92. The normalized spacial score (nSPS) is 10.4. The van der Waals surface area contributed by atoms with Crippen molar-refractivity contribution in [2.24, 2.45) is 0 Å². The van der Waals surface area contributed by atoms with Gasteiger partial charge in [0.1, 0.15) is 15.9 Å². The smallest absolute Gasteiger partial charge is 0.348 e. The number of nitro benzene ring substituents is 1. The van der Waals surface area contributed by atoms with E-state index in [0.29, 0.717) is 11.1 Å². The molecule has 0 aliphatic heterocycles. The van der Waals surface area contributed by atoms with E-state index in [9.17, 15) is 25.0 Å². The number of amides is 1. The number of ether oxygens (including phenoxy) is 1. The van der Waals surface area contributed by atoms with Gasteiger partial charge in [0.05, 0.1) is 16.6 Å². The average molecular weight is 387 g/mol. The van der Waals surface area contributed by atoms with E-state index in [1.54, 1.807) is 20.8 Å². The monoisotopic (exact) mass is 387 g/mol. The van der Waals surface area contributed by atoms with Gasteiger partial charge >= 0.3 is 5.97 Å². The first-order valence-electron chi connectivity index (χ1n) is 7.96. The fraction of sp³-hybridized carbons (Fsp3) is 0.278. The number of hydrogen-bond acceptors (Lipinski definition) is 7. The lowest BCUT2D eigenvalue weighted by atomic mass is 10.1. The standard InChI is InChI=1S/C18H17N3O5S/c1-9(2)26-18(23)15-11(4)13(8-19)17(27-15)20-16(22)12-5-6-14(21(24)25)10(3)7-12/h5-7,9H,1-4H3,(H,20,22). The van der Waals surface area contributed by atoms with Crippen molar-refractivity contribution in [2.75, 3.05) is 5.32 Å². The van der Waals surface area contributed by atoms with Crippen LogP contribution in [-0.4, -0.2) is 22.9 Å². The van der Waals surface area contributed by atoms with Crippen LogP contribution >= 0.6 is 11.3 Å². The Hall–Kier alpha value is -3.25. The summed E-state index contributed by atoms with van der Waals surface area (Å²) in [7, 11) is 0. The molecule has 0 atom stereocenters. The van der Waals surface area contributed by atoms with Crippen molar-refractivity contribution in [2.45, 2.75) is 33.8 Å². The van der Waals surface area contributed by atoms with Crippen molar-refractivity contribution in [1.29, 1.82) is 5.26 Å². The van der Waals surface area contributed by atoms with Crippen molar-refractivity contribution in [3.63, 3.8) is 0 Å². The summed E-state index contributed by atoms with van der Waals surface area (Å²) in [6, 6.07) is 5.96. The molecular formula is C18H17N3O5S. The van der Waals surface area contributed by atoms with Crippen LogP contribution in [0.2, 0.25) is 0 Å². The number of rotatable bonds is 5. The molecule has 0 unspecified atom stereocenters. The zero-order valence-corrected chi connectivity index (χ0v) is 16.0. The third-order valence-corrected chi connectivity index (χ3v) is 4.86. The number of carbonyl (C=O) groups excluding carboxylic acids is 2. The molecule has 27 heavy (non-hydrogen) atoms. The molecule has 0 saturated heterocycles. The van der Waals surface area contributed by atoms with Crippen LogP contribution in [0.15, 0.2) is 18.2 Å². The summed E-state index contributed by atoms with van der Waals surface area (Å²) >= 11 is 0.959. The Labute approximate surface area is 159 Å². The molecule has 0 aliphatic carbocycles.